The van der Waals surface area contributed by atoms with E-state index in [1.54, 1.807) is 11.3 Å². The molecule has 3 aromatic heterocycles. The Morgan fingerprint density at radius 2 is 1.16 bits per heavy atom. The maximum absolute atomic E-state index is 7.29. The fraction of sp³-hybridized carbons (Fsp3) is 0.222. The van der Waals surface area contributed by atoms with Crippen LogP contribution in [0.1, 0.15) is 61.1 Å². The van der Waals surface area contributed by atoms with E-state index in [0.717, 1.165) is 77.0 Å². The van der Waals surface area contributed by atoms with Gasteiger partial charge in [-0.15, -0.1) is 0 Å². The van der Waals surface area contributed by atoms with Crippen molar-refractivity contribution in [3.8, 4) is 45.3 Å². The van der Waals surface area contributed by atoms with Crippen LogP contribution in [0.3, 0.4) is 0 Å². The number of thiazole rings is 1. The summed E-state index contributed by atoms with van der Waals surface area (Å²) in [7, 11) is 27.6. The molecule has 0 atom stereocenters. The monoisotopic (exact) mass is 828 g/mol. The van der Waals surface area contributed by atoms with Gasteiger partial charge in [-0.2, -0.15) is 0 Å². The molecule has 0 aliphatic carbocycles. The summed E-state index contributed by atoms with van der Waals surface area (Å²) in [4.78, 5) is 17.2. The maximum Gasteiger partial charge on any atom is 0.195 e. The number of hydrogen-bond donors (Lipinski definition) is 0. The zero-order valence-electron chi connectivity index (χ0n) is 40.3. The van der Waals surface area contributed by atoms with E-state index in [2.05, 4.69) is 223 Å². The molecule has 0 fully saturated rings. The highest BCUT2D eigenvalue weighted by Crippen LogP contribution is 2.56. The number of hydrogen-bond acceptors (Lipinski definition) is 5. The van der Waals surface area contributed by atoms with Crippen LogP contribution in [0.15, 0.2) is 97.2 Å². The summed E-state index contributed by atoms with van der Waals surface area (Å²) in [5.74, 6) is 2.60. The van der Waals surface area contributed by atoms with Gasteiger partial charge in [-0.3, -0.25) is 4.40 Å². The Labute approximate surface area is 388 Å². The molecule has 0 radical (unpaired) electrons. The molecule has 0 spiro atoms. The van der Waals surface area contributed by atoms with Crippen molar-refractivity contribution in [1.82, 2.24) is 19.4 Å². The van der Waals surface area contributed by atoms with Crippen molar-refractivity contribution in [3.63, 3.8) is 0 Å². The van der Waals surface area contributed by atoms with Gasteiger partial charge in [0.15, 0.2) is 10.8 Å². The van der Waals surface area contributed by atoms with Crippen molar-refractivity contribution in [2.75, 3.05) is 0 Å². The molecule has 0 amide bonds. The summed E-state index contributed by atoms with van der Waals surface area (Å²) < 4.78 is 10.7. The van der Waals surface area contributed by atoms with Crippen LogP contribution in [-0.2, 0) is 31.3 Å². The van der Waals surface area contributed by atoms with Crippen LogP contribution in [0.5, 0.6) is 11.5 Å². The second-order valence-electron chi connectivity index (χ2n) is 23.1. The number of para-hydroxylation sites is 3. The first kappa shape index (κ1) is 43.7. The van der Waals surface area contributed by atoms with Crippen molar-refractivity contribution in [2.45, 2.75) is 59.0 Å². The predicted octanol–water partition coefficient (Wildman–Crippen LogP) is -1.11. The second kappa shape index (κ2) is 14.5. The number of benzene rings is 5. The molecule has 1 aliphatic rings. The summed E-state index contributed by atoms with van der Waals surface area (Å²) in [5, 5.41) is -0.777. The van der Waals surface area contributed by atoms with Gasteiger partial charge >= 0.3 is 0 Å². The van der Waals surface area contributed by atoms with Crippen molar-refractivity contribution < 1.29 is 4.74 Å². The highest BCUT2D eigenvalue weighted by atomic mass is 32.1. The van der Waals surface area contributed by atoms with E-state index in [0.29, 0.717) is 0 Å². The van der Waals surface area contributed by atoms with Crippen LogP contribution in [0.4, 0.5) is 0 Å². The van der Waals surface area contributed by atoms with Gasteiger partial charge in [-0.05, 0) is 41.5 Å². The van der Waals surface area contributed by atoms with Gasteiger partial charge in [0.1, 0.15) is 11.5 Å². The van der Waals surface area contributed by atoms with Gasteiger partial charge in [0.25, 0.3) is 0 Å². The molecular formula is C45H52B12N4OS. The molecular weight excluding hydrogens is 774 g/mol. The summed E-state index contributed by atoms with van der Waals surface area (Å²) in [6.45, 7) is 9.48. The lowest BCUT2D eigenvalue weighted by Crippen LogP contribution is -2.39. The molecule has 63 heavy (non-hydrogen) atoms. The summed E-state index contributed by atoms with van der Waals surface area (Å²) in [5.41, 5.74) is 15.5. The minimum Gasteiger partial charge on any atom is -0.456 e. The SMILES string of the molecule is BC(B)(B)c1ccc(-c2c(C(B)(B)B)ccc3c2Oc2ccccc2C(C)(C)C3(C)C)cc1-c1nc(-c2c(C(B)(B)B)ccc3c2sc2nc4ccccc4n23)ncc1C(B)(B)B. The van der Waals surface area contributed by atoms with E-state index in [1.807, 2.05) is 0 Å². The van der Waals surface area contributed by atoms with Crippen molar-refractivity contribution in [3.05, 3.63) is 131 Å². The van der Waals surface area contributed by atoms with E-state index in [4.69, 9.17) is 19.7 Å². The number of aromatic nitrogens is 4. The Morgan fingerprint density at radius 3 is 1.84 bits per heavy atom. The smallest absolute Gasteiger partial charge is 0.195 e. The van der Waals surface area contributed by atoms with Gasteiger partial charge in [0, 0.05) is 44.8 Å². The molecule has 5 nitrogen and oxygen atoms in total. The molecule has 300 valence electrons. The first-order valence-electron chi connectivity index (χ1n) is 22.6. The van der Waals surface area contributed by atoms with Gasteiger partial charge < -0.3 is 4.74 Å². The highest BCUT2D eigenvalue weighted by molar-refractivity contribution is 7.24. The van der Waals surface area contributed by atoms with E-state index in [9.17, 15) is 0 Å². The Balaban J connectivity index is 1.36. The summed E-state index contributed by atoms with van der Waals surface area (Å²) in [6, 6.07) is 33.4. The molecule has 1 aliphatic heterocycles. The fourth-order valence-electron chi connectivity index (χ4n) is 9.85. The Morgan fingerprint density at radius 1 is 0.571 bits per heavy atom. The molecule has 0 saturated heterocycles. The summed E-state index contributed by atoms with van der Waals surface area (Å²) in [6.07, 6.45) is 2.11. The van der Waals surface area contributed by atoms with Crippen LogP contribution >= 0.6 is 11.3 Å². The van der Waals surface area contributed by atoms with E-state index >= 15 is 0 Å². The fourth-order valence-corrected chi connectivity index (χ4v) is 11.0. The first-order chi connectivity index (χ1) is 29.3. The van der Waals surface area contributed by atoms with Crippen LogP contribution in [0.25, 0.3) is 60.0 Å². The number of fused-ring (bicyclic) bond motifs is 7. The average Bonchev–Trinajstić information content (AvgIpc) is 3.73. The highest BCUT2D eigenvalue weighted by Gasteiger charge is 2.46. The molecule has 18 heteroatoms. The summed E-state index contributed by atoms with van der Waals surface area (Å²) >= 11 is 1.73. The third kappa shape index (κ3) is 7.04. The normalized spacial score (nSPS) is 15.2. The van der Waals surface area contributed by atoms with Crippen LogP contribution in [0, 0.1) is 0 Å². The molecule has 4 heterocycles. The number of imidazole rings is 1. The lowest BCUT2D eigenvalue weighted by atomic mass is 9.38. The average molecular weight is 827 g/mol. The molecule has 0 bridgehead atoms. The Bertz CT molecular complexity index is 3170. The number of nitrogens with zero attached hydrogens (tertiary/aromatic N) is 4. The van der Waals surface area contributed by atoms with Gasteiger partial charge in [0.05, 0.1) is 121 Å². The third-order valence-corrected chi connectivity index (χ3v) is 15.1. The minimum atomic E-state index is -0.253. The van der Waals surface area contributed by atoms with Crippen LogP contribution in [0.2, 0.25) is 0 Å². The van der Waals surface area contributed by atoms with E-state index in [1.165, 1.54) is 27.8 Å². The molecule has 8 aromatic rings. The second-order valence-corrected chi connectivity index (χ2v) is 24.1. The zero-order chi connectivity index (χ0) is 45.4. The lowest BCUT2D eigenvalue weighted by molar-refractivity contribution is 0.306. The minimum absolute atomic E-state index is 0.171. The van der Waals surface area contributed by atoms with Crippen molar-refractivity contribution >= 4 is 132 Å². The van der Waals surface area contributed by atoms with Gasteiger partial charge in [-0.25, -0.2) is 15.0 Å². The number of rotatable bonds is 7. The quantitative estimate of drug-likeness (QED) is 0.192. The van der Waals surface area contributed by atoms with E-state index in [-0.39, 0.29) is 31.3 Å². The molecule has 9 rings (SSSR count). The molecule has 0 N–H and O–H groups in total. The standard InChI is InChI=1S/C45H52B12N4OS/c1-40(2)24-9-5-8-12-32(24)62-36-27(41(40,3)4)16-15-25(43(49,50)51)33(36)21-13-14-23(42(46,47)48)22(19-21)35-28(45(55,56)57)20-58-38(60-35)34-26(44(52,53)54)17-18-31-37(34)63-39-59-29-10-6-7-11-30(29)61(31)39/h5-20H,46-57H2,1-4H3. The van der Waals surface area contributed by atoms with E-state index < -0.39 is 0 Å². The van der Waals surface area contributed by atoms with Crippen LogP contribution < -0.4 is 4.74 Å². The Kier molecular flexibility index (Phi) is 10.0. The van der Waals surface area contributed by atoms with Gasteiger partial charge in [0.2, 0.25) is 0 Å². The van der Waals surface area contributed by atoms with Gasteiger partial charge in [-0.1, -0.05) is 137 Å². The first-order valence-corrected chi connectivity index (χ1v) is 23.4. The third-order valence-electron chi connectivity index (χ3n) is 14.1. The van der Waals surface area contributed by atoms with Crippen molar-refractivity contribution in [2.24, 2.45) is 0 Å². The topological polar surface area (TPSA) is 52.3 Å². The Hall–Kier alpha value is -4.55. The molecule has 0 saturated carbocycles. The largest absolute Gasteiger partial charge is 0.456 e. The number of ether oxygens (including phenoxy) is 1. The van der Waals surface area contributed by atoms with Crippen molar-refractivity contribution in [1.29, 1.82) is 0 Å². The zero-order valence-corrected chi connectivity index (χ0v) is 41.2. The maximum atomic E-state index is 7.29. The molecule has 5 aromatic carbocycles. The van der Waals surface area contributed by atoms with Crippen LogP contribution in [-0.4, -0.2) is 114 Å². The lowest BCUT2D eigenvalue weighted by Gasteiger charge is -2.42. The predicted molar refractivity (Wildman–Crippen MR) is 302 cm³/mol. The molecule has 0 unspecified atom stereocenters.